The molecule has 1 aliphatic rings. The van der Waals surface area contributed by atoms with Crippen molar-refractivity contribution >= 4 is 15.9 Å². The first-order valence-electron chi connectivity index (χ1n) is 6.70. The molecule has 0 unspecified atom stereocenters. The Hall–Kier alpha value is -2.22. The molecule has 0 aliphatic carbocycles. The van der Waals surface area contributed by atoms with Gasteiger partial charge in [-0.05, 0) is 12.1 Å². The van der Waals surface area contributed by atoms with E-state index in [-0.39, 0.29) is 28.3 Å². The zero-order chi connectivity index (χ0) is 16.1. The van der Waals surface area contributed by atoms with Gasteiger partial charge in [0.2, 0.25) is 5.89 Å². The molecule has 22 heavy (non-hydrogen) atoms. The number of rotatable bonds is 2. The zero-order valence-corrected chi connectivity index (χ0v) is 13.2. The number of carbonyl (C=O) groups excluding carboxylic acids is 1. The van der Waals surface area contributed by atoms with E-state index in [2.05, 4.69) is 10.1 Å². The van der Waals surface area contributed by atoms with Crippen LogP contribution in [0.15, 0.2) is 33.7 Å². The van der Waals surface area contributed by atoms with Gasteiger partial charge in [0, 0.05) is 5.41 Å². The van der Waals surface area contributed by atoms with Crippen LogP contribution in [0.2, 0.25) is 0 Å². The lowest BCUT2D eigenvalue weighted by Gasteiger charge is -2.12. The van der Waals surface area contributed by atoms with Gasteiger partial charge in [-0.3, -0.25) is 4.79 Å². The van der Waals surface area contributed by atoms with Gasteiger partial charge in [-0.25, -0.2) is 12.7 Å². The van der Waals surface area contributed by atoms with Crippen molar-refractivity contribution in [2.45, 2.75) is 37.6 Å². The van der Waals surface area contributed by atoms with Crippen LogP contribution >= 0.6 is 0 Å². The molecule has 0 spiro atoms. The number of aromatic nitrogens is 2. The second kappa shape index (κ2) is 4.64. The molecule has 0 saturated heterocycles. The van der Waals surface area contributed by atoms with Gasteiger partial charge in [0.05, 0.1) is 5.56 Å². The molecule has 0 N–H and O–H groups in total. The highest BCUT2D eigenvalue weighted by Gasteiger charge is 2.41. The Bertz CT molecular complexity index is 849. The minimum atomic E-state index is -3.86. The monoisotopic (exact) mass is 321 g/mol. The van der Waals surface area contributed by atoms with Crippen molar-refractivity contribution in [2.75, 3.05) is 0 Å². The van der Waals surface area contributed by atoms with Gasteiger partial charge in [-0.15, -0.1) is 0 Å². The molecule has 0 bridgehead atoms. The summed E-state index contributed by atoms with van der Waals surface area (Å²) in [6.07, 6.45) is 0. The first-order chi connectivity index (χ1) is 10.2. The number of amides is 1. The van der Waals surface area contributed by atoms with Crippen molar-refractivity contribution < 1.29 is 17.7 Å². The molecule has 0 atom stereocenters. The molecule has 8 heteroatoms. The van der Waals surface area contributed by atoms with Crippen molar-refractivity contribution in [1.29, 1.82) is 0 Å². The van der Waals surface area contributed by atoms with Gasteiger partial charge in [0.1, 0.15) is 11.4 Å². The van der Waals surface area contributed by atoms with Crippen LogP contribution < -0.4 is 0 Å². The molecule has 2 aromatic rings. The van der Waals surface area contributed by atoms with Crippen LogP contribution in [-0.2, 0) is 22.0 Å². The Morgan fingerprint density at radius 3 is 2.50 bits per heavy atom. The predicted octanol–water partition coefficient (Wildman–Crippen LogP) is 1.71. The normalized spacial score (nSPS) is 16.9. The van der Waals surface area contributed by atoms with Crippen molar-refractivity contribution in [3.63, 3.8) is 0 Å². The molecule has 1 amide bonds. The van der Waals surface area contributed by atoms with E-state index < -0.39 is 15.9 Å². The number of fused-ring (bicyclic) bond motifs is 1. The molecule has 116 valence electrons. The topological polar surface area (TPSA) is 93.4 Å². The molecule has 0 radical (unpaired) electrons. The lowest BCUT2D eigenvalue weighted by Crippen LogP contribution is -2.29. The summed E-state index contributed by atoms with van der Waals surface area (Å²) in [5.74, 6) is -0.0233. The SMILES string of the molecule is CC(C)(C)c1noc(CN2C(=O)c3ccccc3S2(=O)=O)n1. The smallest absolute Gasteiger partial charge is 0.269 e. The molecular formula is C14H15N3O4S. The third kappa shape index (κ3) is 2.19. The molecule has 1 aliphatic heterocycles. The predicted molar refractivity (Wildman–Crippen MR) is 76.5 cm³/mol. The summed E-state index contributed by atoms with van der Waals surface area (Å²) >= 11 is 0. The lowest BCUT2D eigenvalue weighted by molar-refractivity contribution is 0.0855. The molecular weight excluding hydrogens is 306 g/mol. The minimum Gasteiger partial charge on any atom is -0.337 e. The van der Waals surface area contributed by atoms with E-state index in [1.165, 1.54) is 12.1 Å². The summed E-state index contributed by atoms with van der Waals surface area (Å²) in [4.78, 5) is 16.5. The van der Waals surface area contributed by atoms with Crippen LogP contribution in [-0.4, -0.2) is 28.8 Å². The van der Waals surface area contributed by atoms with E-state index in [0.29, 0.717) is 5.82 Å². The first-order valence-corrected chi connectivity index (χ1v) is 8.14. The fraction of sp³-hybridized carbons (Fsp3) is 0.357. The fourth-order valence-corrected chi connectivity index (χ4v) is 3.65. The van der Waals surface area contributed by atoms with E-state index >= 15 is 0 Å². The van der Waals surface area contributed by atoms with Crippen LogP contribution in [0, 0.1) is 0 Å². The number of benzene rings is 1. The molecule has 0 fully saturated rings. The number of hydrogen-bond acceptors (Lipinski definition) is 6. The number of hydrogen-bond donors (Lipinski definition) is 0. The third-order valence-corrected chi connectivity index (χ3v) is 5.12. The Kier molecular flexibility index (Phi) is 3.10. The van der Waals surface area contributed by atoms with Crippen LogP contribution in [0.25, 0.3) is 0 Å². The van der Waals surface area contributed by atoms with Gasteiger partial charge >= 0.3 is 0 Å². The van der Waals surface area contributed by atoms with E-state index in [9.17, 15) is 13.2 Å². The van der Waals surface area contributed by atoms with Gasteiger partial charge < -0.3 is 4.52 Å². The Balaban J connectivity index is 1.95. The average molecular weight is 321 g/mol. The van der Waals surface area contributed by atoms with E-state index in [4.69, 9.17) is 4.52 Å². The minimum absolute atomic E-state index is 0.00978. The van der Waals surface area contributed by atoms with Gasteiger partial charge in [0.15, 0.2) is 5.82 Å². The van der Waals surface area contributed by atoms with Crippen molar-refractivity contribution in [2.24, 2.45) is 0 Å². The molecule has 1 aromatic carbocycles. The maximum atomic E-state index is 12.4. The summed E-state index contributed by atoms with van der Waals surface area (Å²) in [6.45, 7) is 5.47. The number of carbonyl (C=O) groups is 1. The van der Waals surface area contributed by atoms with E-state index in [1.54, 1.807) is 12.1 Å². The standard InChI is InChI=1S/C14H15N3O4S/c1-14(2,3)13-15-11(21-16-13)8-17-12(18)9-6-4-5-7-10(9)22(17,19)20/h4-7H,8H2,1-3H3. The number of nitrogens with zero attached hydrogens (tertiary/aromatic N) is 3. The quantitative estimate of drug-likeness (QED) is 0.836. The fourth-order valence-electron chi connectivity index (χ4n) is 2.13. The second-order valence-corrected chi connectivity index (χ2v) is 7.91. The Morgan fingerprint density at radius 2 is 1.91 bits per heavy atom. The molecule has 2 heterocycles. The van der Waals surface area contributed by atoms with Crippen molar-refractivity contribution in [3.05, 3.63) is 41.5 Å². The summed E-state index contributed by atoms with van der Waals surface area (Å²) in [6, 6.07) is 6.11. The highest BCUT2D eigenvalue weighted by atomic mass is 32.2. The Labute approximate surface area is 128 Å². The molecule has 0 saturated carbocycles. The average Bonchev–Trinajstić information content (AvgIpc) is 2.98. The van der Waals surface area contributed by atoms with E-state index in [1.807, 2.05) is 20.8 Å². The van der Waals surface area contributed by atoms with Crippen LogP contribution in [0.3, 0.4) is 0 Å². The van der Waals surface area contributed by atoms with Crippen LogP contribution in [0.5, 0.6) is 0 Å². The van der Waals surface area contributed by atoms with Gasteiger partial charge in [0.25, 0.3) is 15.9 Å². The van der Waals surface area contributed by atoms with Crippen molar-refractivity contribution in [1.82, 2.24) is 14.4 Å². The maximum Gasteiger partial charge on any atom is 0.269 e. The highest BCUT2D eigenvalue weighted by Crippen LogP contribution is 2.31. The summed E-state index contributed by atoms with van der Waals surface area (Å²) in [7, 11) is -3.86. The summed E-state index contributed by atoms with van der Waals surface area (Å²) < 4.78 is 30.7. The van der Waals surface area contributed by atoms with Crippen LogP contribution in [0.1, 0.15) is 42.8 Å². The third-order valence-electron chi connectivity index (χ3n) is 3.33. The highest BCUT2D eigenvalue weighted by molar-refractivity contribution is 7.90. The number of sulfonamides is 1. The zero-order valence-electron chi connectivity index (χ0n) is 12.4. The molecule has 7 nitrogen and oxygen atoms in total. The van der Waals surface area contributed by atoms with Crippen LogP contribution in [0.4, 0.5) is 0 Å². The summed E-state index contributed by atoms with van der Waals surface area (Å²) in [5.41, 5.74) is -0.156. The van der Waals surface area contributed by atoms with Crippen molar-refractivity contribution in [3.8, 4) is 0 Å². The lowest BCUT2D eigenvalue weighted by atomic mass is 9.96. The van der Waals surface area contributed by atoms with Gasteiger partial charge in [-0.2, -0.15) is 4.98 Å². The maximum absolute atomic E-state index is 12.4. The first kappa shape index (κ1) is 14.7. The largest absolute Gasteiger partial charge is 0.337 e. The second-order valence-electron chi connectivity index (χ2n) is 6.07. The Morgan fingerprint density at radius 1 is 1.23 bits per heavy atom. The molecule has 1 aromatic heterocycles. The van der Waals surface area contributed by atoms with E-state index in [0.717, 1.165) is 4.31 Å². The summed E-state index contributed by atoms with van der Waals surface area (Å²) in [5, 5.41) is 3.83. The molecule has 3 rings (SSSR count). The van der Waals surface area contributed by atoms with Gasteiger partial charge in [-0.1, -0.05) is 38.1 Å².